The fraction of sp³-hybridized carbons (Fsp3) is 0.250. The van der Waals surface area contributed by atoms with E-state index in [9.17, 15) is 4.79 Å². The van der Waals surface area contributed by atoms with Crippen molar-refractivity contribution in [2.75, 3.05) is 0 Å². The molecule has 0 unspecified atom stereocenters. The SMILES string of the molecule is CC(=O)c1cc2c(CO)ccc(C)c2o1. The van der Waals surface area contributed by atoms with E-state index < -0.39 is 0 Å². The van der Waals surface area contributed by atoms with Crippen LogP contribution in [0.15, 0.2) is 22.6 Å². The Morgan fingerprint density at radius 2 is 2.20 bits per heavy atom. The van der Waals surface area contributed by atoms with Crippen molar-refractivity contribution >= 4 is 16.8 Å². The van der Waals surface area contributed by atoms with Gasteiger partial charge in [-0.25, -0.2) is 0 Å². The van der Waals surface area contributed by atoms with Gasteiger partial charge in [-0.3, -0.25) is 4.79 Å². The highest BCUT2D eigenvalue weighted by atomic mass is 16.3. The van der Waals surface area contributed by atoms with Crippen molar-refractivity contribution in [1.29, 1.82) is 0 Å². The van der Waals surface area contributed by atoms with E-state index in [2.05, 4.69) is 0 Å². The molecular weight excluding hydrogens is 192 g/mol. The molecule has 0 amide bonds. The van der Waals surface area contributed by atoms with Gasteiger partial charge in [0.1, 0.15) is 5.58 Å². The molecule has 1 N–H and O–H groups in total. The highest BCUT2D eigenvalue weighted by Crippen LogP contribution is 2.26. The second-order valence-electron chi connectivity index (χ2n) is 3.61. The van der Waals surface area contributed by atoms with Gasteiger partial charge in [0.05, 0.1) is 6.61 Å². The molecule has 0 radical (unpaired) electrons. The van der Waals surface area contributed by atoms with Crippen LogP contribution in [0.3, 0.4) is 0 Å². The molecule has 0 atom stereocenters. The molecule has 0 fully saturated rings. The zero-order valence-corrected chi connectivity index (χ0v) is 8.70. The van der Waals surface area contributed by atoms with Gasteiger partial charge in [0.2, 0.25) is 0 Å². The minimum Gasteiger partial charge on any atom is -0.453 e. The van der Waals surface area contributed by atoms with Gasteiger partial charge < -0.3 is 9.52 Å². The summed E-state index contributed by atoms with van der Waals surface area (Å²) in [6.07, 6.45) is 0. The number of aryl methyl sites for hydroxylation is 1. The van der Waals surface area contributed by atoms with E-state index in [0.29, 0.717) is 11.3 Å². The Hall–Kier alpha value is -1.61. The second-order valence-corrected chi connectivity index (χ2v) is 3.61. The van der Waals surface area contributed by atoms with Crippen LogP contribution in [0.4, 0.5) is 0 Å². The number of aliphatic hydroxyl groups is 1. The topological polar surface area (TPSA) is 50.4 Å². The number of fused-ring (bicyclic) bond motifs is 1. The largest absolute Gasteiger partial charge is 0.453 e. The maximum absolute atomic E-state index is 11.2. The summed E-state index contributed by atoms with van der Waals surface area (Å²) >= 11 is 0. The molecule has 3 nitrogen and oxygen atoms in total. The number of aliphatic hydroxyl groups excluding tert-OH is 1. The first-order valence-electron chi connectivity index (χ1n) is 4.77. The molecule has 1 aromatic heterocycles. The third-order valence-corrected chi connectivity index (χ3v) is 2.49. The lowest BCUT2D eigenvalue weighted by atomic mass is 10.1. The first kappa shape index (κ1) is 9.93. The molecular formula is C12H12O3. The van der Waals surface area contributed by atoms with Gasteiger partial charge in [-0.05, 0) is 24.1 Å². The minimum atomic E-state index is -0.102. The summed E-state index contributed by atoms with van der Waals surface area (Å²) in [4.78, 5) is 11.2. The van der Waals surface area contributed by atoms with Crippen LogP contribution in [0.25, 0.3) is 11.0 Å². The smallest absolute Gasteiger partial charge is 0.194 e. The molecule has 1 aromatic carbocycles. The lowest BCUT2D eigenvalue weighted by Gasteiger charge is -1.99. The lowest BCUT2D eigenvalue weighted by Crippen LogP contribution is -1.86. The van der Waals surface area contributed by atoms with E-state index in [-0.39, 0.29) is 12.4 Å². The first-order valence-corrected chi connectivity index (χ1v) is 4.77. The van der Waals surface area contributed by atoms with Crippen molar-refractivity contribution in [1.82, 2.24) is 0 Å². The monoisotopic (exact) mass is 204 g/mol. The number of ketones is 1. The summed E-state index contributed by atoms with van der Waals surface area (Å²) in [7, 11) is 0. The van der Waals surface area contributed by atoms with Crippen LogP contribution in [0, 0.1) is 6.92 Å². The summed E-state index contributed by atoms with van der Waals surface area (Å²) in [5.74, 6) is 0.239. The van der Waals surface area contributed by atoms with Gasteiger partial charge in [-0.15, -0.1) is 0 Å². The van der Waals surface area contributed by atoms with E-state index in [4.69, 9.17) is 9.52 Å². The molecule has 0 aliphatic rings. The van der Waals surface area contributed by atoms with Gasteiger partial charge >= 0.3 is 0 Å². The number of hydrogen-bond donors (Lipinski definition) is 1. The fourth-order valence-electron chi connectivity index (χ4n) is 1.62. The average molecular weight is 204 g/mol. The van der Waals surface area contributed by atoms with E-state index in [0.717, 1.165) is 16.5 Å². The third-order valence-electron chi connectivity index (χ3n) is 2.49. The van der Waals surface area contributed by atoms with Crippen molar-refractivity contribution in [3.05, 3.63) is 35.1 Å². The van der Waals surface area contributed by atoms with Gasteiger partial charge in [-0.2, -0.15) is 0 Å². The average Bonchev–Trinajstić information content (AvgIpc) is 2.64. The molecule has 15 heavy (non-hydrogen) atoms. The Bertz CT molecular complexity index is 523. The molecule has 2 aromatic rings. The molecule has 0 spiro atoms. The summed E-state index contributed by atoms with van der Waals surface area (Å²) in [6.45, 7) is 3.33. The van der Waals surface area contributed by atoms with E-state index in [1.807, 2.05) is 19.1 Å². The quantitative estimate of drug-likeness (QED) is 0.764. The van der Waals surface area contributed by atoms with Crippen LogP contribution in [0.1, 0.15) is 28.6 Å². The van der Waals surface area contributed by atoms with Crippen LogP contribution in [-0.2, 0) is 6.61 Å². The maximum atomic E-state index is 11.2. The number of Topliss-reactive ketones (excluding diaryl/α,β-unsaturated/α-hetero) is 1. The van der Waals surface area contributed by atoms with Gasteiger partial charge in [0.15, 0.2) is 11.5 Å². The summed E-state index contributed by atoms with van der Waals surface area (Å²) in [5.41, 5.74) is 2.44. The third kappa shape index (κ3) is 1.55. The molecule has 0 saturated carbocycles. The summed E-state index contributed by atoms with van der Waals surface area (Å²) < 4.78 is 5.44. The van der Waals surface area contributed by atoms with E-state index in [1.165, 1.54) is 6.92 Å². The first-order chi connectivity index (χ1) is 7.13. The number of benzene rings is 1. The number of rotatable bonds is 2. The zero-order valence-electron chi connectivity index (χ0n) is 8.70. The van der Waals surface area contributed by atoms with Crippen molar-refractivity contribution in [3.63, 3.8) is 0 Å². The number of carbonyl (C=O) groups excluding carboxylic acids is 1. The normalized spacial score (nSPS) is 10.9. The van der Waals surface area contributed by atoms with Gasteiger partial charge in [0.25, 0.3) is 0 Å². The molecule has 3 heteroatoms. The van der Waals surface area contributed by atoms with E-state index in [1.54, 1.807) is 6.07 Å². The molecule has 0 saturated heterocycles. The van der Waals surface area contributed by atoms with Crippen molar-refractivity contribution in [3.8, 4) is 0 Å². The van der Waals surface area contributed by atoms with E-state index >= 15 is 0 Å². The summed E-state index contributed by atoms with van der Waals surface area (Å²) in [5, 5.41) is 9.97. The number of hydrogen-bond acceptors (Lipinski definition) is 3. The predicted octanol–water partition coefficient (Wildman–Crippen LogP) is 2.44. The van der Waals surface area contributed by atoms with Crippen LogP contribution in [0.5, 0.6) is 0 Å². The molecule has 0 aliphatic heterocycles. The summed E-state index contributed by atoms with van der Waals surface area (Å²) in [6, 6.07) is 5.41. The Morgan fingerprint density at radius 3 is 2.80 bits per heavy atom. The highest BCUT2D eigenvalue weighted by Gasteiger charge is 2.12. The van der Waals surface area contributed by atoms with Crippen LogP contribution in [-0.4, -0.2) is 10.9 Å². The Kier molecular flexibility index (Phi) is 2.32. The minimum absolute atomic E-state index is 0.0480. The Morgan fingerprint density at radius 1 is 1.47 bits per heavy atom. The second kappa shape index (κ2) is 3.51. The fourth-order valence-corrected chi connectivity index (χ4v) is 1.62. The van der Waals surface area contributed by atoms with Gasteiger partial charge in [-0.1, -0.05) is 12.1 Å². The molecule has 78 valence electrons. The Labute approximate surface area is 87.3 Å². The van der Waals surface area contributed by atoms with Crippen molar-refractivity contribution in [2.24, 2.45) is 0 Å². The van der Waals surface area contributed by atoms with Crippen LogP contribution >= 0.6 is 0 Å². The standard InChI is InChI=1S/C12H12O3/c1-7-3-4-9(6-13)10-5-11(8(2)14)15-12(7)10/h3-5,13H,6H2,1-2H3. The van der Waals surface area contributed by atoms with Crippen molar-refractivity contribution in [2.45, 2.75) is 20.5 Å². The van der Waals surface area contributed by atoms with Crippen LogP contribution < -0.4 is 0 Å². The Balaban J connectivity index is 2.77. The maximum Gasteiger partial charge on any atom is 0.194 e. The zero-order chi connectivity index (χ0) is 11.0. The molecule has 0 bridgehead atoms. The number of furan rings is 1. The number of carbonyl (C=O) groups is 1. The molecule has 0 aliphatic carbocycles. The van der Waals surface area contributed by atoms with Crippen LogP contribution in [0.2, 0.25) is 0 Å². The predicted molar refractivity (Wildman–Crippen MR) is 56.9 cm³/mol. The highest BCUT2D eigenvalue weighted by molar-refractivity contribution is 5.97. The van der Waals surface area contributed by atoms with Gasteiger partial charge in [0, 0.05) is 12.3 Å². The molecule has 1 heterocycles. The lowest BCUT2D eigenvalue weighted by molar-refractivity contribution is 0.0989. The van der Waals surface area contributed by atoms with Crippen molar-refractivity contribution < 1.29 is 14.3 Å². The molecule has 2 rings (SSSR count).